The van der Waals surface area contributed by atoms with Gasteiger partial charge in [0.25, 0.3) is 0 Å². The molecule has 24 heavy (non-hydrogen) atoms. The molecule has 0 saturated carbocycles. The van der Waals surface area contributed by atoms with Gasteiger partial charge in [-0.05, 0) is 28.1 Å². The Morgan fingerprint density at radius 2 is 1.92 bits per heavy atom. The summed E-state index contributed by atoms with van der Waals surface area (Å²) < 4.78 is 1.00. The maximum Gasteiger partial charge on any atom is 0.162 e. The van der Waals surface area contributed by atoms with E-state index in [1.54, 1.807) is 12.4 Å². The number of nitrogens with zero attached hydrogens (tertiary/aromatic N) is 6. The van der Waals surface area contributed by atoms with Gasteiger partial charge in [-0.15, -0.1) is 0 Å². The van der Waals surface area contributed by atoms with Gasteiger partial charge >= 0.3 is 0 Å². The molecule has 0 unspecified atom stereocenters. The van der Waals surface area contributed by atoms with Crippen molar-refractivity contribution >= 4 is 15.9 Å². The quantitative estimate of drug-likeness (QED) is 0.693. The summed E-state index contributed by atoms with van der Waals surface area (Å²) in [6, 6.07) is 4.08. The van der Waals surface area contributed by atoms with E-state index in [1.165, 1.54) is 11.9 Å². The van der Waals surface area contributed by atoms with E-state index in [4.69, 9.17) is 4.98 Å². The fourth-order valence-corrected chi connectivity index (χ4v) is 3.03. The first kappa shape index (κ1) is 15.3. The Balaban J connectivity index is 1.50. The first-order valence-corrected chi connectivity index (χ1v) is 8.50. The number of hydrogen-bond acceptors (Lipinski definition) is 6. The van der Waals surface area contributed by atoms with Gasteiger partial charge in [-0.1, -0.05) is 0 Å². The lowest BCUT2D eigenvalue weighted by molar-refractivity contribution is 0.240. The number of fused-ring (bicyclic) bond motifs is 1. The molecule has 0 radical (unpaired) electrons. The fourth-order valence-electron chi connectivity index (χ4n) is 2.79. The summed E-state index contributed by atoms with van der Waals surface area (Å²) in [4.78, 5) is 24.0. The molecular formula is C17H15BrN6. The molecule has 1 aliphatic heterocycles. The Bertz CT molecular complexity index is 837. The Morgan fingerprint density at radius 1 is 1.04 bits per heavy atom. The van der Waals surface area contributed by atoms with Gasteiger partial charge in [0.1, 0.15) is 6.33 Å². The highest BCUT2D eigenvalue weighted by Crippen LogP contribution is 2.21. The number of aromatic nitrogens is 5. The number of hydrogen-bond donors (Lipinski definition) is 0. The second-order valence-electron chi connectivity index (χ2n) is 5.72. The first-order chi connectivity index (χ1) is 11.8. The predicted octanol–water partition coefficient (Wildman–Crippen LogP) is 2.65. The zero-order chi connectivity index (χ0) is 16.4. The van der Waals surface area contributed by atoms with Gasteiger partial charge in [0, 0.05) is 60.9 Å². The van der Waals surface area contributed by atoms with E-state index < -0.39 is 0 Å². The van der Waals surface area contributed by atoms with Crippen LogP contribution >= 0.6 is 15.9 Å². The second kappa shape index (κ2) is 6.70. The van der Waals surface area contributed by atoms with Crippen LogP contribution in [0.1, 0.15) is 17.0 Å². The highest BCUT2D eigenvalue weighted by Gasteiger charge is 2.19. The molecule has 120 valence electrons. The number of pyridine rings is 1. The molecule has 4 rings (SSSR count). The van der Waals surface area contributed by atoms with Crippen molar-refractivity contribution in [2.75, 3.05) is 6.54 Å². The molecule has 0 aliphatic carbocycles. The molecule has 7 heteroatoms. The minimum absolute atomic E-state index is 0.692. The van der Waals surface area contributed by atoms with Gasteiger partial charge in [-0.3, -0.25) is 9.88 Å². The predicted molar refractivity (Wildman–Crippen MR) is 92.8 cm³/mol. The van der Waals surface area contributed by atoms with Crippen molar-refractivity contribution in [3.05, 3.63) is 64.7 Å². The summed E-state index contributed by atoms with van der Waals surface area (Å²) in [5, 5.41) is 0. The molecule has 0 aromatic carbocycles. The van der Waals surface area contributed by atoms with Crippen LogP contribution in [0.15, 0.2) is 47.7 Å². The average Bonchev–Trinajstić information content (AvgIpc) is 2.64. The summed E-state index contributed by atoms with van der Waals surface area (Å²) in [5.41, 5.74) is 4.21. The van der Waals surface area contributed by atoms with Gasteiger partial charge in [-0.25, -0.2) is 19.9 Å². The van der Waals surface area contributed by atoms with Crippen molar-refractivity contribution in [1.29, 1.82) is 0 Å². The molecule has 3 aromatic rings. The summed E-state index contributed by atoms with van der Waals surface area (Å²) in [6.07, 6.45) is 9.66. The van der Waals surface area contributed by atoms with E-state index in [1.807, 2.05) is 18.5 Å². The molecule has 0 atom stereocenters. The van der Waals surface area contributed by atoms with Crippen molar-refractivity contribution < 1.29 is 0 Å². The Morgan fingerprint density at radius 3 is 2.71 bits per heavy atom. The lowest BCUT2D eigenvalue weighted by Gasteiger charge is -2.27. The standard InChI is InChI=1S/C17H15BrN6/c18-14-1-2-15(21-8-14)10-24-4-3-16-13(9-24)7-22-17(23-16)12-5-19-11-20-6-12/h1-2,5-8,11H,3-4,9-10H2. The summed E-state index contributed by atoms with van der Waals surface area (Å²) in [5.74, 6) is 0.692. The largest absolute Gasteiger partial charge is 0.293 e. The number of rotatable bonds is 3. The van der Waals surface area contributed by atoms with Gasteiger partial charge < -0.3 is 0 Å². The van der Waals surface area contributed by atoms with E-state index in [-0.39, 0.29) is 0 Å². The van der Waals surface area contributed by atoms with Crippen LogP contribution in [-0.2, 0) is 19.5 Å². The first-order valence-electron chi connectivity index (χ1n) is 7.71. The van der Waals surface area contributed by atoms with Gasteiger partial charge in [0.05, 0.1) is 17.0 Å². The molecule has 0 saturated heterocycles. The van der Waals surface area contributed by atoms with E-state index in [9.17, 15) is 0 Å². The Labute approximate surface area is 148 Å². The SMILES string of the molecule is Brc1ccc(CN2CCc3nc(-c4cncnc4)ncc3C2)nc1. The third-order valence-electron chi connectivity index (χ3n) is 4.01. The summed E-state index contributed by atoms with van der Waals surface area (Å²) >= 11 is 3.42. The molecule has 0 fully saturated rings. The van der Waals surface area contributed by atoms with Crippen molar-refractivity contribution in [3.63, 3.8) is 0 Å². The van der Waals surface area contributed by atoms with Crippen LogP contribution in [-0.4, -0.2) is 36.4 Å². The third-order valence-corrected chi connectivity index (χ3v) is 4.48. The van der Waals surface area contributed by atoms with Gasteiger partial charge in [-0.2, -0.15) is 0 Å². The molecule has 6 nitrogen and oxygen atoms in total. The molecule has 0 spiro atoms. The van der Waals surface area contributed by atoms with Crippen molar-refractivity contribution in [3.8, 4) is 11.4 Å². The monoisotopic (exact) mass is 382 g/mol. The van der Waals surface area contributed by atoms with Crippen LogP contribution in [0.4, 0.5) is 0 Å². The third kappa shape index (κ3) is 3.32. The minimum Gasteiger partial charge on any atom is -0.293 e. The van der Waals surface area contributed by atoms with Crippen molar-refractivity contribution in [1.82, 2.24) is 29.8 Å². The van der Waals surface area contributed by atoms with Gasteiger partial charge in [0.2, 0.25) is 0 Å². The lowest BCUT2D eigenvalue weighted by atomic mass is 10.1. The van der Waals surface area contributed by atoms with Crippen LogP contribution in [0.25, 0.3) is 11.4 Å². The zero-order valence-electron chi connectivity index (χ0n) is 12.9. The van der Waals surface area contributed by atoms with Crippen molar-refractivity contribution in [2.45, 2.75) is 19.5 Å². The van der Waals surface area contributed by atoms with E-state index in [0.29, 0.717) is 5.82 Å². The minimum atomic E-state index is 0.692. The van der Waals surface area contributed by atoms with Crippen LogP contribution in [0.5, 0.6) is 0 Å². The zero-order valence-corrected chi connectivity index (χ0v) is 14.5. The fraction of sp³-hybridized carbons (Fsp3) is 0.235. The average molecular weight is 383 g/mol. The summed E-state index contributed by atoms with van der Waals surface area (Å²) in [6.45, 7) is 2.64. The molecule has 3 aromatic heterocycles. The highest BCUT2D eigenvalue weighted by molar-refractivity contribution is 9.10. The van der Waals surface area contributed by atoms with Crippen molar-refractivity contribution in [2.24, 2.45) is 0 Å². The smallest absolute Gasteiger partial charge is 0.162 e. The van der Waals surface area contributed by atoms with E-state index >= 15 is 0 Å². The molecule has 1 aliphatic rings. The van der Waals surface area contributed by atoms with Crippen LogP contribution in [0.2, 0.25) is 0 Å². The van der Waals surface area contributed by atoms with E-state index in [2.05, 4.69) is 46.8 Å². The molecule has 4 heterocycles. The number of halogens is 1. The second-order valence-corrected chi connectivity index (χ2v) is 6.64. The van der Waals surface area contributed by atoms with Crippen LogP contribution in [0, 0.1) is 0 Å². The molecular weight excluding hydrogens is 368 g/mol. The normalized spacial score (nSPS) is 14.4. The molecule has 0 amide bonds. The molecule has 0 N–H and O–H groups in total. The van der Waals surface area contributed by atoms with Crippen LogP contribution < -0.4 is 0 Å². The Kier molecular flexibility index (Phi) is 4.27. The van der Waals surface area contributed by atoms with Gasteiger partial charge in [0.15, 0.2) is 5.82 Å². The summed E-state index contributed by atoms with van der Waals surface area (Å²) in [7, 11) is 0. The maximum atomic E-state index is 4.70. The molecule has 0 bridgehead atoms. The maximum absolute atomic E-state index is 4.70. The van der Waals surface area contributed by atoms with Crippen LogP contribution in [0.3, 0.4) is 0 Å². The topological polar surface area (TPSA) is 67.7 Å². The Hall–Kier alpha value is -2.25. The lowest BCUT2D eigenvalue weighted by Crippen LogP contribution is -2.31. The highest BCUT2D eigenvalue weighted by atomic mass is 79.9. The van der Waals surface area contributed by atoms with E-state index in [0.717, 1.165) is 47.5 Å².